The highest BCUT2D eigenvalue weighted by atomic mass is 19.4. The summed E-state index contributed by atoms with van der Waals surface area (Å²) in [6, 6.07) is 12.8. The Morgan fingerprint density at radius 2 is 1.81 bits per heavy atom. The number of hydrogen-bond donors (Lipinski definition) is 4. The predicted octanol–water partition coefficient (Wildman–Crippen LogP) is 5.21. The quantitative estimate of drug-likeness (QED) is 0.292. The van der Waals surface area contributed by atoms with Crippen LogP contribution >= 0.6 is 0 Å². The number of benzene rings is 2. The molecule has 1 aliphatic carbocycles. The smallest absolute Gasteiger partial charge is 0.394 e. The van der Waals surface area contributed by atoms with Gasteiger partial charge in [-0.05, 0) is 60.4 Å². The number of fused-ring (bicyclic) bond motifs is 1. The largest absolute Gasteiger partial charge is 0.416 e. The summed E-state index contributed by atoms with van der Waals surface area (Å²) in [5.41, 5.74) is 9.09. The molecule has 0 atom stereocenters. The molecule has 4 aromatic rings. The molecule has 36 heavy (non-hydrogen) atoms. The number of urea groups is 1. The van der Waals surface area contributed by atoms with Gasteiger partial charge < -0.3 is 21.5 Å². The fourth-order valence-electron chi connectivity index (χ4n) is 4.08. The number of aromatic nitrogens is 3. The number of nitrogens with two attached hydrogens (primary N) is 1. The van der Waals surface area contributed by atoms with E-state index in [1.807, 2.05) is 18.2 Å². The first-order valence-electron chi connectivity index (χ1n) is 11.4. The second-order valence-electron chi connectivity index (χ2n) is 8.63. The van der Waals surface area contributed by atoms with E-state index in [1.165, 1.54) is 12.1 Å². The molecule has 186 valence electrons. The molecule has 11 heteroatoms. The summed E-state index contributed by atoms with van der Waals surface area (Å²) in [4.78, 5) is 17.1. The minimum Gasteiger partial charge on any atom is -0.394 e. The number of rotatable bonds is 6. The van der Waals surface area contributed by atoms with Gasteiger partial charge in [0, 0.05) is 23.0 Å². The van der Waals surface area contributed by atoms with Gasteiger partial charge in [-0.2, -0.15) is 18.3 Å². The van der Waals surface area contributed by atoms with E-state index in [4.69, 9.17) is 10.7 Å². The lowest BCUT2D eigenvalue weighted by Gasteiger charge is -2.12. The maximum atomic E-state index is 12.9. The van der Waals surface area contributed by atoms with Crippen LogP contribution < -0.4 is 16.4 Å². The van der Waals surface area contributed by atoms with Crippen molar-refractivity contribution in [3.05, 3.63) is 65.9 Å². The van der Waals surface area contributed by atoms with Crippen LogP contribution in [0, 0.1) is 0 Å². The zero-order valence-electron chi connectivity index (χ0n) is 19.0. The standard InChI is InChI=1S/C25H23F3N6O2/c26-25(27,28)16-2-1-3-18(12-16)31-24(36)30-17-8-6-14(7-9-17)19-13-20(15-4-5-15)32-23-21(19)22(29)33-34(23)10-11-35/h1-3,6-9,12-13,15,35H,4-5,10-11H2,(H2,29,33)(H2,30,31,36). The molecule has 2 aromatic heterocycles. The van der Waals surface area contributed by atoms with Crippen molar-refractivity contribution < 1.29 is 23.1 Å². The van der Waals surface area contributed by atoms with Gasteiger partial charge in [-0.25, -0.2) is 14.5 Å². The fourth-order valence-corrected chi connectivity index (χ4v) is 4.08. The Kier molecular flexibility index (Phi) is 6.00. The zero-order chi connectivity index (χ0) is 25.4. The Hall–Kier alpha value is -4.12. The first-order chi connectivity index (χ1) is 17.2. The molecule has 0 aliphatic heterocycles. The predicted molar refractivity (Wildman–Crippen MR) is 131 cm³/mol. The maximum absolute atomic E-state index is 12.9. The van der Waals surface area contributed by atoms with Crippen LogP contribution in [0.4, 0.5) is 35.2 Å². The third kappa shape index (κ3) is 4.82. The molecule has 8 nitrogen and oxygen atoms in total. The molecule has 0 spiro atoms. The van der Waals surface area contributed by atoms with Crippen molar-refractivity contribution in [1.29, 1.82) is 0 Å². The summed E-state index contributed by atoms with van der Waals surface area (Å²) >= 11 is 0. The number of aliphatic hydroxyl groups is 1. The van der Waals surface area contributed by atoms with Gasteiger partial charge in [0.25, 0.3) is 0 Å². The summed E-state index contributed by atoms with van der Waals surface area (Å²) < 4.78 is 40.3. The van der Waals surface area contributed by atoms with Gasteiger partial charge >= 0.3 is 12.2 Å². The normalized spacial score (nSPS) is 13.7. The summed E-state index contributed by atoms with van der Waals surface area (Å²) in [5, 5.41) is 19.5. The first kappa shape index (κ1) is 23.6. The summed E-state index contributed by atoms with van der Waals surface area (Å²) in [5.74, 6) is 0.693. The van der Waals surface area contributed by atoms with Crippen LogP contribution in [-0.2, 0) is 12.7 Å². The van der Waals surface area contributed by atoms with E-state index in [-0.39, 0.29) is 18.8 Å². The highest BCUT2D eigenvalue weighted by Crippen LogP contribution is 2.42. The Morgan fingerprint density at radius 3 is 2.47 bits per heavy atom. The Balaban J connectivity index is 1.38. The highest BCUT2D eigenvalue weighted by Gasteiger charge is 2.30. The van der Waals surface area contributed by atoms with Gasteiger partial charge in [-0.1, -0.05) is 18.2 Å². The maximum Gasteiger partial charge on any atom is 0.416 e. The number of aliphatic hydroxyl groups excluding tert-OH is 1. The van der Waals surface area contributed by atoms with Gasteiger partial charge in [0.2, 0.25) is 0 Å². The Morgan fingerprint density at radius 1 is 1.08 bits per heavy atom. The van der Waals surface area contributed by atoms with Crippen LogP contribution in [0.1, 0.15) is 30.0 Å². The van der Waals surface area contributed by atoms with Crippen LogP contribution in [-0.4, -0.2) is 32.5 Å². The van der Waals surface area contributed by atoms with Crippen LogP contribution in [0.15, 0.2) is 54.6 Å². The van der Waals surface area contributed by atoms with Crippen LogP contribution in [0.2, 0.25) is 0 Å². The van der Waals surface area contributed by atoms with E-state index in [9.17, 15) is 23.1 Å². The SMILES string of the molecule is Nc1nn(CCO)c2nc(C3CC3)cc(-c3ccc(NC(=O)Nc4cccc(C(F)(F)F)c4)cc3)c12. The number of anilines is 3. The van der Waals surface area contributed by atoms with Crippen molar-refractivity contribution in [3.63, 3.8) is 0 Å². The Bertz CT molecular complexity index is 1430. The molecule has 0 bridgehead atoms. The minimum absolute atomic E-state index is 0.0288. The zero-order valence-corrected chi connectivity index (χ0v) is 19.0. The number of amides is 2. The summed E-state index contributed by atoms with van der Waals surface area (Å²) in [7, 11) is 0. The fraction of sp³-hybridized carbons (Fsp3) is 0.240. The van der Waals surface area contributed by atoms with Crippen LogP contribution in [0.25, 0.3) is 22.2 Å². The number of hydrogen-bond acceptors (Lipinski definition) is 5. The monoisotopic (exact) mass is 496 g/mol. The topological polar surface area (TPSA) is 118 Å². The molecule has 0 unspecified atom stereocenters. The number of carbonyl (C=O) groups is 1. The number of alkyl halides is 3. The van der Waals surface area contributed by atoms with E-state index in [1.54, 1.807) is 16.8 Å². The minimum atomic E-state index is -4.50. The van der Waals surface area contributed by atoms with E-state index in [2.05, 4.69) is 15.7 Å². The van der Waals surface area contributed by atoms with Gasteiger partial charge in [0.15, 0.2) is 11.5 Å². The molecule has 0 saturated heterocycles. The van der Waals surface area contributed by atoms with E-state index < -0.39 is 17.8 Å². The highest BCUT2D eigenvalue weighted by molar-refractivity contribution is 6.02. The molecule has 5 rings (SSSR count). The number of pyridine rings is 1. The van der Waals surface area contributed by atoms with Crippen LogP contribution in [0.3, 0.4) is 0 Å². The lowest BCUT2D eigenvalue weighted by molar-refractivity contribution is -0.137. The van der Waals surface area contributed by atoms with Crippen molar-refractivity contribution in [2.45, 2.75) is 31.5 Å². The second kappa shape index (κ2) is 9.15. The molecule has 2 heterocycles. The van der Waals surface area contributed by atoms with Crippen molar-refractivity contribution in [2.24, 2.45) is 0 Å². The molecular formula is C25H23F3N6O2. The molecule has 2 amide bonds. The molecule has 1 fully saturated rings. The number of nitrogen functional groups attached to an aromatic ring is 1. The molecule has 1 saturated carbocycles. The molecule has 0 radical (unpaired) electrons. The van der Waals surface area contributed by atoms with Crippen molar-refractivity contribution in [1.82, 2.24) is 14.8 Å². The lowest BCUT2D eigenvalue weighted by Crippen LogP contribution is -2.19. The number of nitrogens with zero attached hydrogens (tertiary/aromatic N) is 3. The van der Waals surface area contributed by atoms with Crippen LogP contribution in [0.5, 0.6) is 0 Å². The molecule has 2 aromatic carbocycles. The third-order valence-electron chi connectivity index (χ3n) is 5.96. The van der Waals surface area contributed by atoms with E-state index >= 15 is 0 Å². The molecular weight excluding hydrogens is 473 g/mol. The summed E-state index contributed by atoms with van der Waals surface area (Å²) in [6.45, 7) is 0.182. The van der Waals surface area contributed by atoms with Gasteiger partial charge in [-0.15, -0.1) is 0 Å². The average molecular weight is 496 g/mol. The van der Waals surface area contributed by atoms with Crippen molar-refractivity contribution >= 4 is 34.3 Å². The summed E-state index contributed by atoms with van der Waals surface area (Å²) in [6.07, 6.45) is -2.38. The number of carbonyl (C=O) groups excluding carboxylic acids is 1. The lowest BCUT2D eigenvalue weighted by atomic mass is 10.0. The molecule has 5 N–H and O–H groups in total. The Labute approximate surface area is 203 Å². The third-order valence-corrected chi connectivity index (χ3v) is 5.96. The second-order valence-corrected chi connectivity index (χ2v) is 8.63. The average Bonchev–Trinajstić information content (AvgIpc) is 3.64. The van der Waals surface area contributed by atoms with Crippen molar-refractivity contribution in [2.75, 3.05) is 23.0 Å². The van der Waals surface area contributed by atoms with Crippen molar-refractivity contribution in [3.8, 4) is 11.1 Å². The number of halogens is 3. The molecule has 1 aliphatic rings. The van der Waals surface area contributed by atoms with Gasteiger partial charge in [0.05, 0.1) is 24.1 Å². The number of nitrogens with one attached hydrogen (secondary N) is 2. The first-order valence-corrected chi connectivity index (χ1v) is 11.4. The van der Waals surface area contributed by atoms with Gasteiger partial charge in [0.1, 0.15) is 0 Å². The van der Waals surface area contributed by atoms with E-state index in [0.29, 0.717) is 28.5 Å². The van der Waals surface area contributed by atoms with E-state index in [0.717, 1.165) is 41.8 Å². The van der Waals surface area contributed by atoms with Gasteiger partial charge in [-0.3, -0.25) is 0 Å².